The van der Waals surface area contributed by atoms with Crippen LogP contribution in [0.2, 0.25) is 5.02 Å². The number of phenols is 1. The van der Waals surface area contributed by atoms with Gasteiger partial charge in [0.05, 0.1) is 11.2 Å². The first-order valence-electron chi connectivity index (χ1n) is 8.73. The van der Waals surface area contributed by atoms with Gasteiger partial charge in [0.1, 0.15) is 5.75 Å². The van der Waals surface area contributed by atoms with E-state index in [2.05, 4.69) is 20.5 Å². The smallest absolute Gasteiger partial charge is 0.162 e. The van der Waals surface area contributed by atoms with Crippen LogP contribution < -0.4 is 5.43 Å². The maximum atomic E-state index is 10.0. The van der Waals surface area contributed by atoms with E-state index in [-0.39, 0.29) is 5.75 Å². The SMILES string of the molecule is CC(=NNc1nc(-c2ccc(Cl)cc2)nc2ccccc12)c1ccccc1O. The molecule has 0 aliphatic carbocycles. The highest BCUT2D eigenvalue weighted by molar-refractivity contribution is 6.30. The molecule has 0 radical (unpaired) electrons. The van der Waals surface area contributed by atoms with Gasteiger partial charge in [-0.3, -0.25) is 5.43 Å². The number of nitrogens with zero attached hydrogens (tertiary/aromatic N) is 3. The number of rotatable bonds is 4. The molecule has 1 heterocycles. The number of hydrogen-bond acceptors (Lipinski definition) is 5. The number of benzene rings is 3. The molecule has 4 aromatic rings. The van der Waals surface area contributed by atoms with Gasteiger partial charge in [0.2, 0.25) is 0 Å². The molecule has 0 saturated heterocycles. The lowest BCUT2D eigenvalue weighted by Crippen LogP contribution is -2.03. The standard InChI is InChI=1S/C22H17ClN4O/c1-14(17-6-3-5-9-20(17)28)26-27-22-18-7-2-4-8-19(18)24-21(25-22)15-10-12-16(23)13-11-15/h2-13,28H,1H3,(H,24,25,27). The number of halogens is 1. The minimum Gasteiger partial charge on any atom is -0.507 e. The highest BCUT2D eigenvalue weighted by Crippen LogP contribution is 2.26. The number of fused-ring (bicyclic) bond motifs is 1. The average Bonchev–Trinajstić information content (AvgIpc) is 2.72. The number of nitrogens with one attached hydrogen (secondary N) is 1. The first-order valence-corrected chi connectivity index (χ1v) is 9.11. The Balaban J connectivity index is 1.76. The molecule has 5 nitrogen and oxygen atoms in total. The Labute approximate surface area is 167 Å². The van der Waals surface area contributed by atoms with E-state index < -0.39 is 0 Å². The van der Waals surface area contributed by atoms with Gasteiger partial charge in [-0.2, -0.15) is 5.10 Å². The van der Waals surface area contributed by atoms with Crippen molar-refractivity contribution in [3.63, 3.8) is 0 Å². The van der Waals surface area contributed by atoms with Crippen LogP contribution in [0.4, 0.5) is 5.82 Å². The van der Waals surface area contributed by atoms with Gasteiger partial charge < -0.3 is 5.11 Å². The van der Waals surface area contributed by atoms with Gasteiger partial charge in [-0.1, -0.05) is 35.9 Å². The van der Waals surface area contributed by atoms with Gasteiger partial charge in [-0.15, -0.1) is 0 Å². The molecule has 0 fully saturated rings. The first kappa shape index (κ1) is 17.9. The van der Waals surface area contributed by atoms with Crippen molar-refractivity contribution in [1.29, 1.82) is 0 Å². The summed E-state index contributed by atoms with van der Waals surface area (Å²) in [5.74, 6) is 1.35. The van der Waals surface area contributed by atoms with Crippen molar-refractivity contribution in [3.05, 3.63) is 83.4 Å². The van der Waals surface area contributed by atoms with E-state index in [9.17, 15) is 5.11 Å². The van der Waals surface area contributed by atoms with Gasteiger partial charge in [0.25, 0.3) is 0 Å². The number of anilines is 1. The Morgan fingerprint density at radius 2 is 1.64 bits per heavy atom. The third-order valence-corrected chi connectivity index (χ3v) is 4.58. The summed E-state index contributed by atoms with van der Waals surface area (Å²) in [5, 5.41) is 16.0. The van der Waals surface area contributed by atoms with Gasteiger partial charge in [0, 0.05) is 21.5 Å². The molecule has 0 aliphatic rings. The Morgan fingerprint density at radius 3 is 2.43 bits per heavy atom. The van der Waals surface area contributed by atoms with E-state index in [1.807, 2.05) is 67.6 Å². The number of para-hydroxylation sites is 2. The summed E-state index contributed by atoms with van der Waals surface area (Å²) >= 11 is 5.99. The molecule has 0 atom stereocenters. The molecule has 138 valence electrons. The predicted molar refractivity (Wildman–Crippen MR) is 114 cm³/mol. The number of phenolic OH excluding ortho intramolecular Hbond substituents is 1. The molecule has 4 rings (SSSR count). The molecule has 2 N–H and O–H groups in total. The molecule has 3 aromatic carbocycles. The Hall–Kier alpha value is -3.44. The Kier molecular flexibility index (Phi) is 4.91. The maximum absolute atomic E-state index is 10.0. The van der Waals surface area contributed by atoms with Crippen molar-refractivity contribution in [2.75, 3.05) is 5.43 Å². The van der Waals surface area contributed by atoms with Gasteiger partial charge in [-0.05, 0) is 55.5 Å². The molecule has 1 aromatic heterocycles. The second-order valence-corrected chi connectivity index (χ2v) is 6.68. The van der Waals surface area contributed by atoms with E-state index in [0.717, 1.165) is 16.5 Å². The van der Waals surface area contributed by atoms with E-state index in [0.29, 0.717) is 27.9 Å². The molecular formula is C22H17ClN4O. The molecular weight excluding hydrogens is 372 g/mol. The van der Waals surface area contributed by atoms with Crippen LogP contribution in [0.3, 0.4) is 0 Å². The fourth-order valence-electron chi connectivity index (χ4n) is 2.87. The normalized spacial score (nSPS) is 11.6. The second-order valence-electron chi connectivity index (χ2n) is 6.25. The summed E-state index contributed by atoms with van der Waals surface area (Å²) < 4.78 is 0. The second kappa shape index (κ2) is 7.66. The summed E-state index contributed by atoms with van der Waals surface area (Å²) in [5.41, 5.74) is 6.01. The molecule has 0 unspecified atom stereocenters. The summed E-state index contributed by atoms with van der Waals surface area (Å²) in [7, 11) is 0. The lowest BCUT2D eigenvalue weighted by Gasteiger charge is -2.09. The van der Waals surface area contributed by atoms with Crippen LogP contribution in [-0.2, 0) is 0 Å². The highest BCUT2D eigenvalue weighted by atomic mass is 35.5. The number of aromatic nitrogens is 2. The summed E-state index contributed by atoms with van der Waals surface area (Å²) in [6, 6.07) is 22.2. The zero-order chi connectivity index (χ0) is 19.5. The Morgan fingerprint density at radius 1 is 0.929 bits per heavy atom. The third kappa shape index (κ3) is 3.66. The van der Waals surface area contributed by atoms with Crippen LogP contribution in [0, 0.1) is 0 Å². The number of hydrazone groups is 1. The van der Waals surface area contributed by atoms with Crippen molar-refractivity contribution >= 4 is 34.0 Å². The van der Waals surface area contributed by atoms with Gasteiger partial charge in [-0.25, -0.2) is 9.97 Å². The maximum Gasteiger partial charge on any atom is 0.162 e. The van der Waals surface area contributed by atoms with Crippen molar-refractivity contribution in [3.8, 4) is 17.1 Å². The topological polar surface area (TPSA) is 70.4 Å². The van der Waals surface area contributed by atoms with Crippen molar-refractivity contribution in [2.45, 2.75) is 6.92 Å². The monoisotopic (exact) mass is 388 g/mol. The predicted octanol–water partition coefficient (Wildman–Crippen LogP) is 5.49. The summed E-state index contributed by atoms with van der Waals surface area (Å²) in [6.07, 6.45) is 0. The van der Waals surface area contributed by atoms with Gasteiger partial charge >= 0.3 is 0 Å². The largest absolute Gasteiger partial charge is 0.507 e. The lowest BCUT2D eigenvalue weighted by molar-refractivity contribution is 0.474. The lowest BCUT2D eigenvalue weighted by atomic mass is 10.1. The van der Waals surface area contributed by atoms with Crippen LogP contribution in [-0.4, -0.2) is 20.8 Å². The Bertz CT molecular complexity index is 1170. The zero-order valence-corrected chi connectivity index (χ0v) is 15.9. The molecule has 0 aliphatic heterocycles. The molecule has 0 bridgehead atoms. The van der Waals surface area contributed by atoms with E-state index in [1.54, 1.807) is 12.1 Å². The van der Waals surface area contributed by atoms with Crippen LogP contribution in [0.25, 0.3) is 22.3 Å². The number of hydrogen-bond donors (Lipinski definition) is 2. The van der Waals surface area contributed by atoms with E-state index in [1.165, 1.54) is 0 Å². The molecule has 0 spiro atoms. The fourth-order valence-corrected chi connectivity index (χ4v) is 2.99. The average molecular weight is 389 g/mol. The summed E-state index contributed by atoms with van der Waals surface area (Å²) in [4.78, 5) is 9.31. The fraction of sp³-hybridized carbons (Fsp3) is 0.0455. The van der Waals surface area contributed by atoms with Crippen LogP contribution in [0.1, 0.15) is 12.5 Å². The molecule has 6 heteroatoms. The van der Waals surface area contributed by atoms with Crippen molar-refractivity contribution < 1.29 is 5.11 Å². The highest BCUT2D eigenvalue weighted by Gasteiger charge is 2.10. The van der Waals surface area contributed by atoms with Crippen molar-refractivity contribution in [2.24, 2.45) is 5.10 Å². The third-order valence-electron chi connectivity index (χ3n) is 4.33. The minimum absolute atomic E-state index is 0.181. The van der Waals surface area contributed by atoms with Crippen LogP contribution in [0.5, 0.6) is 5.75 Å². The first-order chi connectivity index (χ1) is 13.6. The number of aromatic hydroxyl groups is 1. The quantitative estimate of drug-likeness (QED) is 0.358. The summed E-state index contributed by atoms with van der Waals surface area (Å²) in [6.45, 7) is 1.82. The van der Waals surface area contributed by atoms with E-state index in [4.69, 9.17) is 11.6 Å². The zero-order valence-electron chi connectivity index (χ0n) is 15.1. The van der Waals surface area contributed by atoms with Gasteiger partial charge in [0.15, 0.2) is 11.6 Å². The van der Waals surface area contributed by atoms with E-state index >= 15 is 0 Å². The molecule has 0 amide bonds. The van der Waals surface area contributed by atoms with Crippen molar-refractivity contribution in [1.82, 2.24) is 9.97 Å². The van der Waals surface area contributed by atoms with Crippen LogP contribution >= 0.6 is 11.6 Å². The molecule has 0 saturated carbocycles. The minimum atomic E-state index is 0.181. The van der Waals surface area contributed by atoms with Crippen LogP contribution in [0.15, 0.2) is 77.9 Å². The molecule has 28 heavy (non-hydrogen) atoms.